The number of carbonyl (C=O) groups is 3. The van der Waals surface area contributed by atoms with Gasteiger partial charge in [-0.3, -0.25) is 4.79 Å². The second-order valence-corrected chi connectivity index (χ2v) is 7.14. The molecule has 1 N–H and O–H groups in total. The zero-order chi connectivity index (χ0) is 22.3. The van der Waals surface area contributed by atoms with Crippen LogP contribution in [-0.2, 0) is 23.8 Å². The first-order chi connectivity index (χ1) is 14.4. The Hall–Kier alpha value is -3.25. The number of thioether (sulfide) groups is 1. The van der Waals surface area contributed by atoms with Crippen molar-refractivity contribution in [1.29, 1.82) is 5.26 Å². The minimum absolute atomic E-state index is 0.0000313. The van der Waals surface area contributed by atoms with E-state index in [1.807, 2.05) is 0 Å². The van der Waals surface area contributed by atoms with Gasteiger partial charge in [-0.1, -0.05) is 23.9 Å². The number of methoxy groups -OCH3 is 2. The molecule has 1 aromatic rings. The van der Waals surface area contributed by atoms with E-state index in [2.05, 4.69) is 16.1 Å². The summed E-state index contributed by atoms with van der Waals surface area (Å²) in [6, 6.07) is 8.61. The van der Waals surface area contributed by atoms with Gasteiger partial charge in [0.2, 0.25) is 0 Å². The topological polar surface area (TPSA) is 115 Å². The molecule has 0 saturated carbocycles. The highest BCUT2D eigenvalue weighted by molar-refractivity contribution is 8.03. The van der Waals surface area contributed by atoms with Crippen molar-refractivity contribution < 1.29 is 28.6 Å². The number of nitrogens with one attached hydrogen (secondary N) is 1. The Morgan fingerprint density at radius 1 is 1.13 bits per heavy atom. The molecule has 0 spiro atoms. The molecular weight excluding hydrogens is 408 g/mol. The molecule has 0 fully saturated rings. The molecule has 1 atom stereocenters. The monoisotopic (exact) mass is 430 g/mol. The van der Waals surface area contributed by atoms with Crippen LogP contribution >= 0.6 is 11.8 Å². The van der Waals surface area contributed by atoms with Gasteiger partial charge in [-0.25, -0.2) is 9.59 Å². The van der Waals surface area contributed by atoms with E-state index in [4.69, 9.17) is 9.47 Å². The molecule has 158 valence electrons. The highest BCUT2D eigenvalue weighted by atomic mass is 32.2. The van der Waals surface area contributed by atoms with Gasteiger partial charge < -0.3 is 19.5 Å². The third kappa shape index (κ3) is 5.02. The molecule has 0 bridgehead atoms. The van der Waals surface area contributed by atoms with Crippen LogP contribution in [0.15, 0.2) is 46.1 Å². The van der Waals surface area contributed by atoms with Gasteiger partial charge in [0.1, 0.15) is 0 Å². The Balaban J connectivity index is 2.55. The number of hydrogen-bond donors (Lipinski definition) is 1. The van der Waals surface area contributed by atoms with Crippen molar-refractivity contribution in [2.45, 2.75) is 19.8 Å². The van der Waals surface area contributed by atoms with Crippen molar-refractivity contribution >= 4 is 29.7 Å². The number of esters is 3. The van der Waals surface area contributed by atoms with Gasteiger partial charge in [-0.2, -0.15) is 5.26 Å². The van der Waals surface area contributed by atoms with Crippen LogP contribution in [0, 0.1) is 11.3 Å². The second kappa shape index (κ2) is 10.5. The Labute approximate surface area is 178 Å². The summed E-state index contributed by atoms with van der Waals surface area (Å²) in [5, 5.41) is 13.4. The maximum Gasteiger partial charge on any atom is 0.337 e. The first-order valence-electron chi connectivity index (χ1n) is 9.04. The predicted molar refractivity (Wildman–Crippen MR) is 110 cm³/mol. The SMILES string of the molecule is CCOC(=O)C1=C(C)NC(SCC(=O)OC)=C(C#N)[C@H]1c1ccc(C(=O)OC)cc1. The lowest BCUT2D eigenvalue weighted by Gasteiger charge is -2.29. The Morgan fingerprint density at radius 3 is 2.33 bits per heavy atom. The van der Waals surface area contributed by atoms with Crippen molar-refractivity contribution in [1.82, 2.24) is 5.32 Å². The largest absolute Gasteiger partial charge is 0.468 e. The van der Waals surface area contributed by atoms with Gasteiger partial charge in [0.05, 0.1) is 60.3 Å². The summed E-state index contributed by atoms with van der Waals surface area (Å²) in [6.07, 6.45) is 0. The molecule has 2 rings (SSSR count). The van der Waals surface area contributed by atoms with Crippen molar-refractivity contribution in [3.8, 4) is 6.07 Å². The molecule has 1 aromatic carbocycles. The Bertz CT molecular complexity index is 943. The molecule has 9 heteroatoms. The Morgan fingerprint density at radius 2 is 1.80 bits per heavy atom. The van der Waals surface area contributed by atoms with Crippen LogP contribution in [0.2, 0.25) is 0 Å². The molecule has 0 unspecified atom stereocenters. The van der Waals surface area contributed by atoms with Crippen molar-refractivity contribution in [3.63, 3.8) is 0 Å². The van der Waals surface area contributed by atoms with Crippen LogP contribution in [0.1, 0.15) is 35.7 Å². The summed E-state index contributed by atoms with van der Waals surface area (Å²) in [6.45, 7) is 3.58. The Kier molecular flexibility index (Phi) is 8.07. The molecule has 30 heavy (non-hydrogen) atoms. The van der Waals surface area contributed by atoms with E-state index in [-0.39, 0.29) is 17.9 Å². The van der Waals surface area contributed by atoms with Gasteiger partial charge in [-0.05, 0) is 31.5 Å². The van der Waals surface area contributed by atoms with E-state index in [1.54, 1.807) is 38.1 Å². The quantitative estimate of drug-likeness (QED) is 0.515. The maximum absolute atomic E-state index is 12.7. The third-order valence-electron chi connectivity index (χ3n) is 4.37. The maximum atomic E-state index is 12.7. The lowest BCUT2D eigenvalue weighted by molar-refractivity contribution is -0.139. The van der Waals surface area contributed by atoms with Crippen LogP contribution in [0.25, 0.3) is 0 Å². The summed E-state index contributed by atoms with van der Waals surface area (Å²) in [4.78, 5) is 36.0. The number of hydrogen-bond acceptors (Lipinski definition) is 9. The lowest BCUT2D eigenvalue weighted by Crippen LogP contribution is -2.29. The molecule has 0 aliphatic carbocycles. The van der Waals surface area contributed by atoms with Crippen LogP contribution < -0.4 is 5.32 Å². The van der Waals surface area contributed by atoms with Crippen LogP contribution in [0.4, 0.5) is 0 Å². The van der Waals surface area contributed by atoms with E-state index in [1.165, 1.54) is 14.2 Å². The number of rotatable bonds is 7. The van der Waals surface area contributed by atoms with Crippen molar-refractivity contribution in [2.24, 2.45) is 0 Å². The molecule has 1 heterocycles. The van der Waals surface area contributed by atoms with E-state index in [0.29, 0.717) is 27.4 Å². The molecule has 1 aliphatic rings. The normalized spacial score (nSPS) is 15.8. The van der Waals surface area contributed by atoms with Crippen LogP contribution in [0.3, 0.4) is 0 Å². The summed E-state index contributed by atoms with van der Waals surface area (Å²) < 4.78 is 14.6. The average Bonchev–Trinajstić information content (AvgIpc) is 2.76. The lowest BCUT2D eigenvalue weighted by atomic mass is 9.82. The molecule has 1 aliphatic heterocycles. The number of carbonyl (C=O) groups excluding carboxylic acids is 3. The predicted octanol–water partition coefficient (Wildman–Crippen LogP) is 2.64. The molecule has 8 nitrogen and oxygen atoms in total. The molecule has 0 radical (unpaired) electrons. The number of nitriles is 1. The first-order valence-corrected chi connectivity index (χ1v) is 10.0. The van der Waals surface area contributed by atoms with Gasteiger partial charge >= 0.3 is 17.9 Å². The third-order valence-corrected chi connectivity index (χ3v) is 5.36. The fraction of sp³-hybridized carbons (Fsp3) is 0.333. The van der Waals surface area contributed by atoms with Gasteiger partial charge in [0.25, 0.3) is 0 Å². The van der Waals surface area contributed by atoms with Gasteiger partial charge in [0.15, 0.2) is 0 Å². The van der Waals surface area contributed by atoms with Crippen LogP contribution in [0.5, 0.6) is 0 Å². The number of dihydropyridines is 1. The zero-order valence-electron chi connectivity index (χ0n) is 17.1. The van der Waals surface area contributed by atoms with E-state index < -0.39 is 23.8 Å². The number of nitrogens with zero attached hydrogens (tertiary/aromatic N) is 1. The molecular formula is C21H22N2O6S. The van der Waals surface area contributed by atoms with E-state index in [9.17, 15) is 19.6 Å². The number of benzene rings is 1. The molecule has 0 amide bonds. The zero-order valence-corrected chi connectivity index (χ0v) is 17.9. The second-order valence-electron chi connectivity index (χ2n) is 6.15. The smallest absolute Gasteiger partial charge is 0.337 e. The minimum Gasteiger partial charge on any atom is -0.468 e. The van der Waals surface area contributed by atoms with E-state index in [0.717, 1.165) is 11.8 Å². The van der Waals surface area contributed by atoms with Crippen molar-refractivity contribution in [3.05, 3.63) is 57.3 Å². The fourth-order valence-electron chi connectivity index (χ4n) is 2.96. The summed E-state index contributed by atoms with van der Waals surface area (Å²) in [5.41, 5.74) is 2.04. The average molecular weight is 430 g/mol. The van der Waals surface area contributed by atoms with Crippen LogP contribution in [-0.4, -0.2) is 44.5 Å². The summed E-state index contributed by atoms with van der Waals surface area (Å²) in [7, 11) is 2.57. The van der Waals surface area contributed by atoms with Gasteiger partial charge in [-0.15, -0.1) is 0 Å². The molecule has 0 saturated heterocycles. The summed E-state index contributed by atoms with van der Waals surface area (Å²) >= 11 is 1.11. The molecule has 0 aromatic heterocycles. The van der Waals surface area contributed by atoms with E-state index >= 15 is 0 Å². The number of ether oxygens (including phenoxy) is 3. The van der Waals surface area contributed by atoms with Gasteiger partial charge in [0, 0.05) is 5.70 Å². The minimum atomic E-state index is -0.720. The van der Waals surface area contributed by atoms with Crippen molar-refractivity contribution in [2.75, 3.05) is 26.6 Å². The standard InChI is InChI=1S/C21H22N2O6S/c1-5-29-21(26)17-12(2)23-19(30-11-16(24)27-3)15(10-22)18(17)13-6-8-14(9-7-13)20(25)28-4/h6-9,18,23H,5,11H2,1-4H3/t18-/m1/s1. The number of allylic oxidation sites excluding steroid dienone is 2. The first kappa shape index (κ1) is 23.0. The highest BCUT2D eigenvalue weighted by Crippen LogP contribution is 2.41. The fourth-order valence-corrected chi connectivity index (χ4v) is 3.88. The summed E-state index contributed by atoms with van der Waals surface area (Å²) in [5.74, 6) is -2.20. The highest BCUT2D eigenvalue weighted by Gasteiger charge is 2.35.